The van der Waals surface area contributed by atoms with Gasteiger partial charge in [0.15, 0.2) is 0 Å². The highest BCUT2D eigenvalue weighted by molar-refractivity contribution is 5.94. The standard InChI is InChI=1S/C20H27N3O/c1-16-11-19-6-5-18(15-23(19)12-16)20(24)22-10-7-17(14-22)13-21-8-3-2-4-9-21/h5-6,11-12,15,17H,2-4,7-10,13-14H2,1H3/t17-/m0/s1. The molecule has 4 heterocycles. The number of rotatable bonds is 3. The van der Waals surface area contributed by atoms with Crippen molar-refractivity contribution in [3.63, 3.8) is 0 Å². The van der Waals surface area contributed by atoms with E-state index in [1.54, 1.807) is 0 Å². The summed E-state index contributed by atoms with van der Waals surface area (Å²) in [6, 6.07) is 6.15. The first-order valence-corrected chi connectivity index (χ1v) is 9.29. The fourth-order valence-electron chi connectivity index (χ4n) is 4.24. The smallest absolute Gasteiger partial charge is 0.255 e. The molecule has 2 fully saturated rings. The Hall–Kier alpha value is -1.81. The molecule has 1 atom stereocenters. The minimum absolute atomic E-state index is 0.185. The Kier molecular flexibility index (Phi) is 4.31. The summed E-state index contributed by atoms with van der Waals surface area (Å²) in [5.41, 5.74) is 3.17. The average molecular weight is 325 g/mol. The number of pyridine rings is 1. The maximum absolute atomic E-state index is 12.8. The second-order valence-electron chi connectivity index (χ2n) is 7.53. The van der Waals surface area contributed by atoms with E-state index in [0.29, 0.717) is 5.92 Å². The molecule has 0 saturated carbocycles. The van der Waals surface area contributed by atoms with Gasteiger partial charge in [0.25, 0.3) is 5.91 Å². The van der Waals surface area contributed by atoms with E-state index in [2.05, 4.69) is 28.5 Å². The summed E-state index contributed by atoms with van der Waals surface area (Å²) in [7, 11) is 0. The van der Waals surface area contributed by atoms with Gasteiger partial charge in [-0.3, -0.25) is 4.79 Å². The molecule has 2 aromatic heterocycles. The van der Waals surface area contributed by atoms with Crippen molar-refractivity contribution in [2.45, 2.75) is 32.6 Å². The zero-order valence-corrected chi connectivity index (χ0v) is 14.6. The van der Waals surface area contributed by atoms with Crippen LogP contribution in [0.1, 0.15) is 41.6 Å². The number of piperidine rings is 1. The molecule has 2 aliphatic heterocycles. The number of fused-ring (bicyclic) bond motifs is 1. The average Bonchev–Trinajstić information content (AvgIpc) is 3.20. The normalized spacial score (nSPS) is 22.4. The van der Waals surface area contributed by atoms with Gasteiger partial charge in [-0.05, 0) is 69.0 Å². The molecule has 4 heteroatoms. The van der Waals surface area contributed by atoms with Crippen LogP contribution in [0.15, 0.2) is 30.6 Å². The number of amides is 1. The van der Waals surface area contributed by atoms with Gasteiger partial charge in [-0.1, -0.05) is 6.42 Å². The van der Waals surface area contributed by atoms with Gasteiger partial charge in [-0.25, -0.2) is 0 Å². The van der Waals surface area contributed by atoms with Crippen molar-refractivity contribution in [3.8, 4) is 0 Å². The van der Waals surface area contributed by atoms with Gasteiger partial charge < -0.3 is 14.2 Å². The Labute approximate surface area is 144 Å². The Morgan fingerprint density at radius 2 is 1.96 bits per heavy atom. The van der Waals surface area contributed by atoms with Crippen LogP contribution >= 0.6 is 0 Å². The Morgan fingerprint density at radius 1 is 1.12 bits per heavy atom. The van der Waals surface area contributed by atoms with Crippen LogP contribution in [0.25, 0.3) is 5.52 Å². The molecule has 0 spiro atoms. The van der Waals surface area contributed by atoms with Gasteiger partial charge in [0.2, 0.25) is 0 Å². The number of aryl methyl sites for hydroxylation is 1. The maximum Gasteiger partial charge on any atom is 0.255 e. The van der Waals surface area contributed by atoms with Crippen LogP contribution in [0.5, 0.6) is 0 Å². The summed E-state index contributed by atoms with van der Waals surface area (Å²) in [4.78, 5) is 17.5. The minimum atomic E-state index is 0.185. The first-order valence-electron chi connectivity index (χ1n) is 9.29. The van der Waals surface area contributed by atoms with E-state index in [4.69, 9.17) is 0 Å². The van der Waals surface area contributed by atoms with Gasteiger partial charge in [-0.15, -0.1) is 0 Å². The predicted octanol–water partition coefficient (Wildman–Crippen LogP) is 3.20. The molecule has 0 aliphatic carbocycles. The minimum Gasteiger partial charge on any atom is -0.338 e. The topological polar surface area (TPSA) is 28.0 Å². The first kappa shape index (κ1) is 15.7. The van der Waals surface area contributed by atoms with Crippen molar-refractivity contribution in [3.05, 3.63) is 41.7 Å². The summed E-state index contributed by atoms with van der Waals surface area (Å²) in [5, 5.41) is 0. The SMILES string of the molecule is Cc1cc2ccc(C(=O)N3CC[C@@H](CN4CCCCC4)C3)cn2c1. The molecule has 0 radical (unpaired) electrons. The second-order valence-corrected chi connectivity index (χ2v) is 7.53. The quantitative estimate of drug-likeness (QED) is 0.867. The van der Waals surface area contributed by atoms with E-state index in [0.717, 1.165) is 30.6 Å². The summed E-state index contributed by atoms with van der Waals surface area (Å²) >= 11 is 0. The van der Waals surface area contributed by atoms with Crippen molar-refractivity contribution >= 4 is 11.4 Å². The van der Waals surface area contributed by atoms with Gasteiger partial charge in [0.05, 0.1) is 5.56 Å². The molecule has 0 bridgehead atoms. The van der Waals surface area contributed by atoms with Crippen LogP contribution in [0.3, 0.4) is 0 Å². The van der Waals surface area contributed by atoms with Crippen molar-refractivity contribution in [2.24, 2.45) is 5.92 Å². The number of nitrogens with zero attached hydrogens (tertiary/aromatic N) is 3. The van der Waals surface area contributed by atoms with E-state index in [9.17, 15) is 4.79 Å². The lowest BCUT2D eigenvalue weighted by Crippen LogP contribution is -2.36. The number of aromatic nitrogens is 1. The van der Waals surface area contributed by atoms with Crippen LogP contribution in [-0.2, 0) is 0 Å². The molecule has 4 nitrogen and oxygen atoms in total. The van der Waals surface area contributed by atoms with Crippen LogP contribution < -0.4 is 0 Å². The third kappa shape index (κ3) is 3.20. The number of hydrogen-bond donors (Lipinski definition) is 0. The molecule has 128 valence electrons. The van der Waals surface area contributed by atoms with E-state index in [-0.39, 0.29) is 5.91 Å². The molecule has 2 aliphatic rings. The molecular weight excluding hydrogens is 298 g/mol. The lowest BCUT2D eigenvalue weighted by molar-refractivity contribution is 0.0782. The second kappa shape index (κ2) is 6.60. The van der Waals surface area contributed by atoms with E-state index < -0.39 is 0 Å². The van der Waals surface area contributed by atoms with Crippen LogP contribution in [0.2, 0.25) is 0 Å². The van der Waals surface area contributed by atoms with Crippen molar-refractivity contribution in [1.29, 1.82) is 0 Å². The zero-order chi connectivity index (χ0) is 16.5. The lowest BCUT2D eigenvalue weighted by atomic mass is 10.1. The summed E-state index contributed by atoms with van der Waals surface area (Å²) < 4.78 is 2.06. The lowest BCUT2D eigenvalue weighted by Gasteiger charge is -2.29. The van der Waals surface area contributed by atoms with E-state index in [1.165, 1.54) is 44.5 Å². The fourth-order valence-corrected chi connectivity index (χ4v) is 4.24. The van der Waals surface area contributed by atoms with E-state index >= 15 is 0 Å². The van der Waals surface area contributed by atoms with Gasteiger partial charge in [0, 0.05) is 37.5 Å². The van der Waals surface area contributed by atoms with Gasteiger partial charge >= 0.3 is 0 Å². The highest BCUT2D eigenvalue weighted by atomic mass is 16.2. The molecule has 2 saturated heterocycles. The monoisotopic (exact) mass is 325 g/mol. The molecule has 0 unspecified atom stereocenters. The molecule has 4 rings (SSSR count). The highest BCUT2D eigenvalue weighted by Gasteiger charge is 2.28. The Balaban J connectivity index is 1.40. The largest absolute Gasteiger partial charge is 0.338 e. The van der Waals surface area contributed by atoms with Crippen molar-refractivity contribution < 1.29 is 4.79 Å². The maximum atomic E-state index is 12.8. The van der Waals surface area contributed by atoms with Crippen molar-refractivity contribution in [2.75, 3.05) is 32.7 Å². The summed E-state index contributed by atoms with van der Waals surface area (Å²) in [6.45, 7) is 7.56. The predicted molar refractivity (Wildman–Crippen MR) is 96.4 cm³/mol. The molecule has 1 amide bonds. The van der Waals surface area contributed by atoms with Gasteiger partial charge in [-0.2, -0.15) is 0 Å². The Bertz CT molecular complexity index is 730. The third-order valence-electron chi connectivity index (χ3n) is 5.51. The highest BCUT2D eigenvalue weighted by Crippen LogP contribution is 2.22. The number of carbonyl (C=O) groups is 1. The van der Waals surface area contributed by atoms with Crippen LogP contribution in [0, 0.1) is 12.8 Å². The third-order valence-corrected chi connectivity index (χ3v) is 5.51. The van der Waals surface area contributed by atoms with E-state index in [1.807, 2.05) is 23.2 Å². The first-order chi connectivity index (χ1) is 11.7. The number of likely N-dealkylation sites (tertiary alicyclic amines) is 2. The molecule has 2 aromatic rings. The molecular formula is C20H27N3O. The fraction of sp³-hybridized carbons (Fsp3) is 0.550. The van der Waals surface area contributed by atoms with Crippen LogP contribution in [0.4, 0.5) is 0 Å². The molecule has 0 aromatic carbocycles. The van der Waals surface area contributed by atoms with Crippen molar-refractivity contribution in [1.82, 2.24) is 14.2 Å². The number of hydrogen-bond acceptors (Lipinski definition) is 2. The zero-order valence-electron chi connectivity index (χ0n) is 14.6. The summed E-state index contributed by atoms with van der Waals surface area (Å²) in [6.07, 6.45) is 9.26. The van der Waals surface area contributed by atoms with Crippen LogP contribution in [-0.4, -0.2) is 52.8 Å². The number of carbonyl (C=O) groups excluding carboxylic acids is 1. The molecule has 24 heavy (non-hydrogen) atoms. The molecule has 0 N–H and O–H groups in total. The summed E-state index contributed by atoms with van der Waals surface area (Å²) in [5.74, 6) is 0.828. The Morgan fingerprint density at radius 3 is 2.79 bits per heavy atom. The van der Waals surface area contributed by atoms with Gasteiger partial charge in [0.1, 0.15) is 0 Å².